The van der Waals surface area contributed by atoms with E-state index in [1.165, 1.54) is 57.3 Å². The van der Waals surface area contributed by atoms with Crippen molar-refractivity contribution in [3.63, 3.8) is 0 Å². The van der Waals surface area contributed by atoms with E-state index in [2.05, 4.69) is 34.7 Å². The van der Waals surface area contributed by atoms with Gasteiger partial charge in [-0.05, 0) is 82.0 Å². The molecular weight excluding hydrogens is 322 g/mol. The fourth-order valence-electron chi connectivity index (χ4n) is 4.91. The second kappa shape index (κ2) is 7.95. The van der Waals surface area contributed by atoms with Crippen LogP contribution in [-0.2, 0) is 11.3 Å². The summed E-state index contributed by atoms with van der Waals surface area (Å²) in [4.78, 5) is 9.59. The molecule has 0 unspecified atom stereocenters. The molecular formula is C22H35N3O. The molecule has 1 spiro atoms. The summed E-state index contributed by atoms with van der Waals surface area (Å²) in [6, 6.07) is 5.49. The fourth-order valence-corrected chi connectivity index (χ4v) is 4.91. The van der Waals surface area contributed by atoms with Gasteiger partial charge in [-0.2, -0.15) is 0 Å². The summed E-state index contributed by atoms with van der Waals surface area (Å²) in [5, 5.41) is 0. The zero-order valence-corrected chi connectivity index (χ0v) is 16.6. The van der Waals surface area contributed by atoms with E-state index in [0.717, 1.165) is 25.7 Å². The number of nitrogens with zero attached hydrogens (tertiary/aromatic N) is 3. The van der Waals surface area contributed by atoms with Crippen molar-refractivity contribution in [1.29, 1.82) is 0 Å². The van der Waals surface area contributed by atoms with Gasteiger partial charge < -0.3 is 4.74 Å². The molecule has 1 aromatic heterocycles. The van der Waals surface area contributed by atoms with E-state index in [1.54, 1.807) is 0 Å². The van der Waals surface area contributed by atoms with Crippen LogP contribution in [0.4, 0.5) is 0 Å². The highest BCUT2D eigenvalue weighted by atomic mass is 16.5. The average Bonchev–Trinajstić information content (AvgIpc) is 3.39. The van der Waals surface area contributed by atoms with E-state index in [1.807, 2.05) is 18.5 Å². The Kier molecular flexibility index (Phi) is 5.63. The Labute approximate surface area is 158 Å². The highest BCUT2D eigenvalue weighted by Crippen LogP contribution is 2.44. The maximum atomic E-state index is 6.10. The van der Waals surface area contributed by atoms with Crippen molar-refractivity contribution in [3.8, 4) is 0 Å². The predicted molar refractivity (Wildman–Crippen MR) is 105 cm³/mol. The number of hydrogen-bond acceptors (Lipinski definition) is 4. The molecule has 0 bridgehead atoms. The van der Waals surface area contributed by atoms with E-state index in [9.17, 15) is 0 Å². The van der Waals surface area contributed by atoms with Gasteiger partial charge in [0.25, 0.3) is 0 Å². The molecule has 0 amide bonds. The molecule has 2 aliphatic heterocycles. The third-order valence-corrected chi connectivity index (χ3v) is 6.73. The van der Waals surface area contributed by atoms with Crippen molar-refractivity contribution in [2.75, 3.05) is 32.8 Å². The number of likely N-dealkylation sites (tertiary alicyclic amines) is 2. The van der Waals surface area contributed by atoms with Crippen LogP contribution in [0, 0.1) is 11.3 Å². The standard InChI is InChI=1S/C22H35N3O/c1-18(2)25-17-22(12-21(25)16-26-15-19-5-6-19)7-10-24(11-8-22)14-20-4-3-9-23-13-20/h3-4,9,13,18-19,21H,5-8,10-12,14-17H2,1-2H3/t21-/m1/s1. The van der Waals surface area contributed by atoms with Crippen molar-refractivity contribution in [1.82, 2.24) is 14.8 Å². The molecule has 2 saturated heterocycles. The van der Waals surface area contributed by atoms with Gasteiger partial charge in [-0.15, -0.1) is 0 Å². The zero-order valence-electron chi connectivity index (χ0n) is 16.6. The number of pyridine rings is 1. The molecule has 1 aliphatic carbocycles. The van der Waals surface area contributed by atoms with Gasteiger partial charge in [0, 0.05) is 44.2 Å². The lowest BCUT2D eigenvalue weighted by molar-refractivity contribution is 0.0600. The largest absolute Gasteiger partial charge is 0.380 e. The smallest absolute Gasteiger partial charge is 0.0622 e. The Bertz CT molecular complexity index is 564. The van der Waals surface area contributed by atoms with Crippen molar-refractivity contribution < 1.29 is 4.74 Å². The molecule has 1 aromatic rings. The Morgan fingerprint density at radius 2 is 2.04 bits per heavy atom. The number of hydrogen-bond donors (Lipinski definition) is 0. The maximum absolute atomic E-state index is 6.10. The van der Waals surface area contributed by atoms with Gasteiger partial charge in [0.2, 0.25) is 0 Å². The lowest BCUT2D eigenvalue weighted by atomic mass is 9.76. The summed E-state index contributed by atoms with van der Waals surface area (Å²) in [5.74, 6) is 0.869. The molecule has 1 saturated carbocycles. The third-order valence-electron chi connectivity index (χ3n) is 6.73. The molecule has 0 aromatic carbocycles. The van der Waals surface area contributed by atoms with Crippen LogP contribution in [0.25, 0.3) is 0 Å². The van der Waals surface area contributed by atoms with Crippen molar-refractivity contribution >= 4 is 0 Å². The first-order chi connectivity index (χ1) is 12.6. The van der Waals surface area contributed by atoms with Crippen LogP contribution in [0.5, 0.6) is 0 Å². The fraction of sp³-hybridized carbons (Fsp3) is 0.773. The van der Waals surface area contributed by atoms with Crippen LogP contribution in [0.3, 0.4) is 0 Å². The lowest BCUT2D eigenvalue weighted by Crippen LogP contribution is -2.42. The van der Waals surface area contributed by atoms with Gasteiger partial charge in [0.15, 0.2) is 0 Å². The average molecular weight is 358 g/mol. The van der Waals surface area contributed by atoms with Crippen LogP contribution < -0.4 is 0 Å². The van der Waals surface area contributed by atoms with Gasteiger partial charge in [-0.25, -0.2) is 0 Å². The van der Waals surface area contributed by atoms with E-state index in [4.69, 9.17) is 4.74 Å². The van der Waals surface area contributed by atoms with Gasteiger partial charge in [0.1, 0.15) is 0 Å². The molecule has 4 nitrogen and oxygen atoms in total. The van der Waals surface area contributed by atoms with Crippen LogP contribution in [0.2, 0.25) is 0 Å². The molecule has 3 aliphatic rings. The van der Waals surface area contributed by atoms with E-state index in [0.29, 0.717) is 17.5 Å². The van der Waals surface area contributed by atoms with Crippen LogP contribution in [0.1, 0.15) is 51.5 Å². The first-order valence-corrected chi connectivity index (χ1v) is 10.6. The van der Waals surface area contributed by atoms with Crippen LogP contribution >= 0.6 is 0 Å². The van der Waals surface area contributed by atoms with Crippen molar-refractivity contribution in [3.05, 3.63) is 30.1 Å². The maximum Gasteiger partial charge on any atom is 0.0622 e. The minimum Gasteiger partial charge on any atom is -0.380 e. The predicted octanol–water partition coefficient (Wildman–Crippen LogP) is 3.57. The Morgan fingerprint density at radius 1 is 1.23 bits per heavy atom. The molecule has 26 heavy (non-hydrogen) atoms. The molecule has 3 heterocycles. The van der Waals surface area contributed by atoms with Crippen molar-refractivity contribution in [2.45, 2.75) is 64.6 Å². The van der Waals surface area contributed by atoms with E-state index < -0.39 is 0 Å². The molecule has 0 N–H and O–H groups in total. The second-order valence-corrected chi connectivity index (χ2v) is 9.24. The van der Waals surface area contributed by atoms with Gasteiger partial charge in [-0.1, -0.05) is 6.07 Å². The Morgan fingerprint density at radius 3 is 2.69 bits per heavy atom. The van der Waals surface area contributed by atoms with Crippen LogP contribution in [0.15, 0.2) is 24.5 Å². The minimum absolute atomic E-state index is 0.517. The summed E-state index contributed by atoms with van der Waals surface area (Å²) < 4.78 is 6.10. The summed E-state index contributed by atoms with van der Waals surface area (Å²) in [7, 11) is 0. The monoisotopic (exact) mass is 357 g/mol. The number of ether oxygens (including phenoxy) is 1. The van der Waals surface area contributed by atoms with Crippen molar-refractivity contribution in [2.24, 2.45) is 11.3 Å². The molecule has 4 rings (SSSR count). The van der Waals surface area contributed by atoms with Gasteiger partial charge >= 0.3 is 0 Å². The molecule has 0 radical (unpaired) electrons. The summed E-state index contributed by atoms with van der Waals surface area (Å²) in [6.45, 7) is 11.4. The van der Waals surface area contributed by atoms with E-state index in [-0.39, 0.29) is 0 Å². The Hall–Kier alpha value is -0.970. The molecule has 4 heteroatoms. The summed E-state index contributed by atoms with van der Waals surface area (Å²) >= 11 is 0. The van der Waals surface area contributed by atoms with Gasteiger partial charge in [-0.3, -0.25) is 14.8 Å². The number of piperidine rings is 1. The molecule has 144 valence electrons. The number of aromatic nitrogens is 1. The normalized spacial score (nSPS) is 26.8. The topological polar surface area (TPSA) is 28.6 Å². The first kappa shape index (κ1) is 18.4. The zero-order chi connectivity index (χ0) is 18.0. The molecule has 3 fully saturated rings. The SMILES string of the molecule is CC(C)N1CC2(CCN(Cc3cccnc3)CC2)C[C@@H]1COCC1CC1. The van der Waals surface area contributed by atoms with E-state index >= 15 is 0 Å². The minimum atomic E-state index is 0.517. The third kappa shape index (κ3) is 4.47. The summed E-state index contributed by atoms with van der Waals surface area (Å²) in [5.41, 5.74) is 1.86. The first-order valence-electron chi connectivity index (χ1n) is 10.6. The Balaban J connectivity index is 1.30. The van der Waals surface area contributed by atoms with Crippen LogP contribution in [-0.4, -0.2) is 59.7 Å². The molecule has 1 atom stereocenters. The summed E-state index contributed by atoms with van der Waals surface area (Å²) in [6.07, 6.45) is 10.6. The lowest BCUT2D eigenvalue weighted by Gasteiger charge is -2.39. The number of rotatable bonds is 7. The second-order valence-electron chi connectivity index (χ2n) is 9.24. The van der Waals surface area contributed by atoms with Gasteiger partial charge in [0.05, 0.1) is 6.61 Å². The highest BCUT2D eigenvalue weighted by molar-refractivity contribution is 5.09. The highest BCUT2D eigenvalue weighted by Gasteiger charge is 2.46. The quantitative estimate of drug-likeness (QED) is 0.746.